The number of carboxylic acids is 1. The van der Waals surface area contributed by atoms with Gasteiger partial charge in [0.15, 0.2) is 0 Å². The number of benzene rings is 3. The first-order valence-electron chi connectivity index (χ1n) is 12.0. The number of carboxylic acid groups (broad SMARTS) is 1. The van der Waals surface area contributed by atoms with Crippen LogP contribution in [0.5, 0.6) is 0 Å². The standard InChI is InChI=1S/C28H30N2O5S/c1-20-14-16-22(17-15-20)36(34,35)30(18-7-3-4-13-27(31)32)28(33)23-10-8-12-26-24(23)19-21-9-5-6-11-25(21)29(26)2/h5-6,8-12,14-17H,3-4,7,13,18-19H2,1-2H3,(H,31,32). The van der Waals surface area contributed by atoms with Gasteiger partial charge in [0.05, 0.1) is 4.90 Å². The second kappa shape index (κ2) is 10.5. The molecule has 0 unspecified atom stereocenters. The van der Waals surface area contributed by atoms with Crippen molar-refractivity contribution < 1.29 is 23.1 Å². The van der Waals surface area contributed by atoms with E-state index in [4.69, 9.17) is 5.11 Å². The maximum absolute atomic E-state index is 13.9. The largest absolute Gasteiger partial charge is 0.481 e. The predicted molar refractivity (Wildman–Crippen MR) is 139 cm³/mol. The Hall–Kier alpha value is -3.65. The zero-order valence-corrected chi connectivity index (χ0v) is 21.3. The molecule has 4 rings (SSSR count). The highest BCUT2D eigenvalue weighted by Crippen LogP contribution is 2.39. The number of carbonyl (C=O) groups is 2. The minimum atomic E-state index is -4.12. The maximum Gasteiger partial charge on any atom is 0.303 e. The molecule has 1 aliphatic heterocycles. The summed E-state index contributed by atoms with van der Waals surface area (Å²) < 4.78 is 28.3. The Balaban J connectivity index is 1.70. The van der Waals surface area contributed by atoms with Crippen LogP contribution in [0, 0.1) is 6.92 Å². The van der Waals surface area contributed by atoms with Crippen molar-refractivity contribution in [2.24, 2.45) is 0 Å². The minimum Gasteiger partial charge on any atom is -0.481 e. The molecule has 1 amide bonds. The van der Waals surface area contributed by atoms with Gasteiger partial charge < -0.3 is 10.0 Å². The Labute approximate surface area is 212 Å². The second-order valence-corrected chi connectivity index (χ2v) is 10.9. The van der Waals surface area contributed by atoms with Gasteiger partial charge in [-0.3, -0.25) is 9.59 Å². The molecular formula is C28H30N2O5S. The molecule has 0 saturated heterocycles. The van der Waals surface area contributed by atoms with Crippen LogP contribution in [0.1, 0.15) is 52.7 Å². The molecule has 36 heavy (non-hydrogen) atoms. The number of fused-ring (bicyclic) bond motifs is 2. The Bertz CT molecular complexity index is 1380. The summed E-state index contributed by atoms with van der Waals surface area (Å²) in [4.78, 5) is 26.9. The summed E-state index contributed by atoms with van der Waals surface area (Å²) in [5, 5.41) is 8.90. The first kappa shape index (κ1) is 25.4. The minimum absolute atomic E-state index is 0.0105. The average Bonchev–Trinajstić information content (AvgIpc) is 2.85. The molecular weight excluding hydrogens is 476 g/mol. The van der Waals surface area contributed by atoms with Gasteiger partial charge in [-0.15, -0.1) is 0 Å². The zero-order valence-electron chi connectivity index (χ0n) is 20.5. The summed E-state index contributed by atoms with van der Waals surface area (Å²) in [7, 11) is -2.18. The fraction of sp³-hybridized carbons (Fsp3) is 0.286. The smallest absolute Gasteiger partial charge is 0.303 e. The lowest BCUT2D eigenvalue weighted by molar-refractivity contribution is -0.137. The molecule has 0 saturated carbocycles. The number of carbonyl (C=O) groups excluding carboxylic acids is 1. The molecule has 1 N–H and O–H groups in total. The average molecular weight is 507 g/mol. The van der Waals surface area contributed by atoms with E-state index in [-0.39, 0.29) is 17.9 Å². The van der Waals surface area contributed by atoms with Crippen LogP contribution >= 0.6 is 0 Å². The number of anilines is 2. The van der Waals surface area contributed by atoms with Crippen LogP contribution in [0.3, 0.4) is 0 Å². The van der Waals surface area contributed by atoms with Gasteiger partial charge in [-0.1, -0.05) is 48.4 Å². The Morgan fingerprint density at radius 2 is 1.61 bits per heavy atom. The van der Waals surface area contributed by atoms with Gasteiger partial charge in [0.25, 0.3) is 15.9 Å². The third-order valence-electron chi connectivity index (χ3n) is 6.55. The number of aliphatic carboxylic acids is 1. The molecule has 0 aromatic heterocycles. The van der Waals surface area contributed by atoms with E-state index in [0.29, 0.717) is 31.2 Å². The highest BCUT2D eigenvalue weighted by molar-refractivity contribution is 7.89. The first-order chi connectivity index (χ1) is 17.2. The van der Waals surface area contributed by atoms with Crippen LogP contribution in [0.2, 0.25) is 0 Å². The van der Waals surface area contributed by atoms with E-state index in [2.05, 4.69) is 0 Å². The van der Waals surface area contributed by atoms with Crippen LogP contribution in [-0.2, 0) is 21.2 Å². The molecule has 1 aliphatic rings. The third-order valence-corrected chi connectivity index (χ3v) is 8.35. The summed E-state index contributed by atoms with van der Waals surface area (Å²) in [6.45, 7) is 1.84. The highest BCUT2D eigenvalue weighted by atomic mass is 32.2. The van der Waals surface area contributed by atoms with Crippen molar-refractivity contribution in [3.8, 4) is 0 Å². The van der Waals surface area contributed by atoms with E-state index >= 15 is 0 Å². The Kier molecular flexibility index (Phi) is 7.45. The number of sulfonamides is 1. The van der Waals surface area contributed by atoms with E-state index in [1.54, 1.807) is 24.3 Å². The summed E-state index contributed by atoms with van der Waals surface area (Å²) in [5.74, 6) is -1.46. The van der Waals surface area contributed by atoms with Crippen molar-refractivity contribution in [2.75, 3.05) is 18.5 Å². The van der Waals surface area contributed by atoms with E-state index in [9.17, 15) is 18.0 Å². The lowest BCUT2D eigenvalue weighted by Crippen LogP contribution is -2.38. The summed E-state index contributed by atoms with van der Waals surface area (Å²) in [5.41, 5.74) is 5.05. The normalized spacial score (nSPS) is 12.6. The quantitative estimate of drug-likeness (QED) is 0.404. The molecule has 8 heteroatoms. The number of para-hydroxylation sites is 1. The maximum atomic E-state index is 13.9. The molecule has 0 fully saturated rings. The van der Waals surface area contributed by atoms with Crippen molar-refractivity contribution >= 4 is 33.3 Å². The number of rotatable bonds is 9. The van der Waals surface area contributed by atoms with Gasteiger partial charge in [0.1, 0.15) is 0 Å². The highest BCUT2D eigenvalue weighted by Gasteiger charge is 2.33. The molecule has 0 bridgehead atoms. The SMILES string of the molecule is Cc1ccc(S(=O)(=O)N(CCCCCC(=O)O)C(=O)c2cccc3c2Cc2ccccc2N3C)cc1. The number of hydrogen-bond donors (Lipinski definition) is 1. The van der Waals surface area contributed by atoms with Gasteiger partial charge in [0.2, 0.25) is 0 Å². The first-order valence-corrected chi connectivity index (χ1v) is 13.4. The molecule has 0 spiro atoms. The lowest BCUT2D eigenvalue weighted by atomic mass is 9.92. The number of amides is 1. The van der Waals surface area contributed by atoms with Crippen LogP contribution in [0.4, 0.5) is 11.4 Å². The number of nitrogens with zero attached hydrogens (tertiary/aromatic N) is 2. The van der Waals surface area contributed by atoms with Crippen molar-refractivity contribution in [1.82, 2.24) is 4.31 Å². The lowest BCUT2D eigenvalue weighted by Gasteiger charge is -2.32. The van der Waals surface area contributed by atoms with E-state index < -0.39 is 21.9 Å². The van der Waals surface area contributed by atoms with Crippen LogP contribution in [0.15, 0.2) is 71.6 Å². The van der Waals surface area contributed by atoms with E-state index in [0.717, 1.165) is 32.4 Å². The van der Waals surface area contributed by atoms with Gasteiger partial charge in [-0.25, -0.2) is 12.7 Å². The van der Waals surface area contributed by atoms with Gasteiger partial charge >= 0.3 is 5.97 Å². The summed E-state index contributed by atoms with van der Waals surface area (Å²) in [6, 6.07) is 19.8. The van der Waals surface area contributed by atoms with Gasteiger partial charge in [-0.2, -0.15) is 0 Å². The van der Waals surface area contributed by atoms with E-state index in [1.807, 2.05) is 49.2 Å². The molecule has 3 aromatic rings. The molecule has 1 heterocycles. The monoisotopic (exact) mass is 506 g/mol. The molecule has 188 valence electrons. The zero-order chi connectivity index (χ0) is 25.9. The summed E-state index contributed by atoms with van der Waals surface area (Å²) >= 11 is 0. The topological polar surface area (TPSA) is 95.0 Å². The third kappa shape index (κ3) is 5.14. The van der Waals surface area contributed by atoms with Gasteiger partial charge in [-0.05, 0) is 61.2 Å². The molecule has 0 aliphatic carbocycles. The molecule has 3 aromatic carbocycles. The van der Waals surface area contributed by atoms with Crippen LogP contribution in [0.25, 0.3) is 0 Å². The van der Waals surface area contributed by atoms with Crippen LogP contribution < -0.4 is 4.90 Å². The molecule has 7 nitrogen and oxygen atoms in total. The molecule has 0 radical (unpaired) electrons. The summed E-state index contributed by atoms with van der Waals surface area (Å²) in [6.07, 6.45) is 1.83. The van der Waals surface area contributed by atoms with Crippen LogP contribution in [-0.4, -0.2) is 43.3 Å². The second-order valence-electron chi connectivity index (χ2n) is 9.07. The fourth-order valence-electron chi connectivity index (χ4n) is 4.59. The van der Waals surface area contributed by atoms with Crippen molar-refractivity contribution in [3.63, 3.8) is 0 Å². The number of unbranched alkanes of at least 4 members (excludes halogenated alkanes) is 2. The fourth-order valence-corrected chi connectivity index (χ4v) is 6.01. The van der Waals surface area contributed by atoms with Crippen molar-refractivity contribution in [1.29, 1.82) is 0 Å². The van der Waals surface area contributed by atoms with Crippen molar-refractivity contribution in [3.05, 3.63) is 89.0 Å². The number of hydrogen-bond acceptors (Lipinski definition) is 5. The Morgan fingerprint density at radius 3 is 2.33 bits per heavy atom. The predicted octanol–water partition coefficient (Wildman–Crippen LogP) is 5.14. The number of aryl methyl sites for hydroxylation is 1. The Morgan fingerprint density at radius 1 is 0.917 bits per heavy atom. The van der Waals surface area contributed by atoms with Crippen molar-refractivity contribution in [2.45, 2.75) is 43.9 Å². The molecule has 0 atom stereocenters. The van der Waals surface area contributed by atoms with E-state index in [1.165, 1.54) is 12.1 Å². The van der Waals surface area contributed by atoms with Gasteiger partial charge in [0, 0.05) is 43.4 Å².